The smallest absolute Gasteiger partial charge is 0.163 e. The van der Waals surface area contributed by atoms with Crippen molar-refractivity contribution in [3.8, 4) is 0 Å². The summed E-state index contributed by atoms with van der Waals surface area (Å²) in [6.07, 6.45) is 20.4. The van der Waals surface area contributed by atoms with Crippen LogP contribution in [0, 0.1) is 80.8 Å². The Morgan fingerprint density at radius 3 is 1.48 bits per heavy atom. The van der Waals surface area contributed by atoms with Gasteiger partial charge in [-0.1, -0.05) is 39.8 Å². The summed E-state index contributed by atoms with van der Waals surface area (Å²) in [5, 5.41) is 22.1. The van der Waals surface area contributed by atoms with Crippen LogP contribution in [0.1, 0.15) is 131 Å². The van der Waals surface area contributed by atoms with Crippen LogP contribution in [0.5, 0.6) is 0 Å². The lowest BCUT2D eigenvalue weighted by atomic mass is 9.43. The highest BCUT2D eigenvalue weighted by atomic mass is 35.5. The number of aliphatic hydroxyl groups excluding tert-OH is 2. The maximum Gasteiger partial charge on any atom is 0.163 e. The van der Waals surface area contributed by atoms with Gasteiger partial charge in [0.05, 0.1) is 24.4 Å². The van der Waals surface area contributed by atoms with Crippen molar-refractivity contribution in [1.82, 2.24) is 0 Å². The summed E-state index contributed by atoms with van der Waals surface area (Å²) in [5.41, 5.74) is 13.8. The zero-order valence-corrected chi connectivity index (χ0v) is 34.3. The number of nitrogens with two attached hydrogens (primary N) is 2. The van der Waals surface area contributed by atoms with Crippen molar-refractivity contribution in [2.24, 2.45) is 92.3 Å². The lowest BCUT2D eigenvalue weighted by molar-refractivity contribution is -0.214. The Balaban J connectivity index is 0.000000160. The number of ether oxygens (including phenoxy) is 2. The molecule has 0 aromatic heterocycles. The van der Waals surface area contributed by atoms with E-state index < -0.39 is 18.0 Å². The van der Waals surface area contributed by atoms with Crippen LogP contribution in [0.3, 0.4) is 0 Å². The van der Waals surface area contributed by atoms with E-state index in [1.165, 1.54) is 64.2 Å². The van der Waals surface area contributed by atoms with Gasteiger partial charge >= 0.3 is 0 Å². The third-order valence-corrected chi connectivity index (χ3v) is 19.1. The van der Waals surface area contributed by atoms with E-state index in [1.807, 2.05) is 0 Å². The molecule has 9 aliphatic rings. The van der Waals surface area contributed by atoms with E-state index in [1.54, 1.807) is 0 Å². The molecule has 0 amide bonds. The van der Waals surface area contributed by atoms with Gasteiger partial charge in [-0.2, -0.15) is 0 Å². The van der Waals surface area contributed by atoms with E-state index in [2.05, 4.69) is 66.9 Å². The molecule has 8 unspecified atom stereocenters. The van der Waals surface area contributed by atoms with Crippen molar-refractivity contribution in [3.63, 3.8) is 0 Å². The van der Waals surface area contributed by atoms with Crippen molar-refractivity contribution in [3.05, 3.63) is 25.3 Å². The number of rotatable bonds is 2. The fraction of sp³-hybridized carbons (Fsp3) is 0.911. The Morgan fingerprint density at radius 1 is 0.519 bits per heavy atom. The summed E-state index contributed by atoms with van der Waals surface area (Å²) in [6, 6.07) is 0.519. The Bertz CT molecular complexity index is 1360. The molecule has 0 radical (unpaired) electrons. The van der Waals surface area contributed by atoms with E-state index in [4.69, 9.17) is 20.9 Å². The number of hydrogen-bond donors (Lipinski definition) is 4. The van der Waals surface area contributed by atoms with Gasteiger partial charge in [-0.3, -0.25) is 0 Å². The van der Waals surface area contributed by atoms with E-state index in [0.29, 0.717) is 52.4 Å². The number of allylic oxidation sites excluding steroid dienone is 2. The van der Waals surface area contributed by atoms with Crippen LogP contribution in [0.15, 0.2) is 25.3 Å². The normalized spacial score (nSPS) is 58.2. The molecule has 1 aliphatic heterocycles. The van der Waals surface area contributed by atoms with Gasteiger partial charge in [-0.15, -0.1) is 25.6 Å². The Labute approximate surface area is 322 Å². The molecule has 0 spiro atoms. The molecule has 0 bridgehead atoms. The first kappa shape index (κ1) is 39.8. The molecule has 20 atom stereocenters. The maximum atomic E-state index is 11.1. The quantitative estimate of drug-likeness (QED) is 0.212. The second kappa shape index (κ2) is 13.6. The summed E-state index contributed by atoms with van der Waals surface area (Å²) < 4.78 is 13.3. The predicted octanol–water partition coefficient (Wildman–Crippen LogP) is 8.42. The molecule has 9 fully saturated rings. The minimum absolute atomic E-state index is 0. The van der Waals surface area contributed by atoms with Crippen LogP contribution in [-0.2, 0) is 9.47 Å². The van der Waals surface area contributed by atoms with Gasteiger partial charge in [-0.25, -0.2) is 0 Å². The third kappa shape index (κ3) is 5.66. The molecule has 6 N–H and O–H groups in total. The van der Waals surface area contributed by atoms with E-state index >= 15 is 0 Å². The van der Waals surface area contributed by atoms with Crippen LogP contribution < -0.4 is 11.5 Å². The fourth-order valence-corrected chi connectivity index (χ4v) is 16.4. The van der Waals surface area contributed by atoms with Crippen LogP contribution >= 0.6 is 12.4 Å². The van der Waals surface area contributed by atoms with Crippen LogP contribution in [-0.4, -0.2) is 52.5 Å². The van der Waals surface area contributed by atoms with Gasteiger partial charge < -0.3 is 31.2 Å². The standard InChI is InChI=1S/C24H39NO2.C21H35NO2.ClH/c1-6-14-7-8-16-19-17(10-12-23(14,16)4)24(5)11-9-15(25)13-18(24)20-21(19)27-22(2,3)26-20;1-4-12-5-6-14-17-15(8-10-20(12,14)2)21(3)9-7-13(22)11-16(21)18(23)19(17)24;/h6,14-21H,1,7-13,25H2,2-5H3;4,12-19,23-24H,1,5-11,22H2,2-3H3;1H/t14-,15-,16?,17?,18?,19?,20+,21+,23+,24+;12-,13-,14?,15?,16?,17?,18+,19+,20+,21+;/m00./s1. The predicted molar refractivity (Wildman–Crippen MR) is 211 cm³/mol. The molecular weight excluding hydrogens is 668 g/mol. The summed E-state index contributed by atoms with van der Waals surface area (Å²) in [7, 11) is 0. The van der Waals surface area contributed by atoms with Crippen molar-refractivity contribution in [1.29, 1.82) is 0 Å². The molecular formula is C45H75ClN2O4. The van der Waals surface area contributed by atoms with Crippen molar-refractivity contribution < 1.29 is 19.7 Å². The molecule has 6 nitrogen and oxygen atoms in total. The Morgan fingerprint density at radius 2 is 0.942 bits per heavy atom. The van der Waals surface area contributed by atoms with Crippen LogP contribution in [0.4, 0.5) is 0 Å². The van der Waals surface area contributed by atoms with Gasteiger partial charge in [0, 0.05) is 12.1 Å². The van der Waals surface area contributed by atoms with Gasteiger partial charge in [0.15, 0.2) is 5.79 Å². The zero-order valence-electron chi connectivity index (χ0n) is 33.5. The Hall–Kier alpha value is -0.470. The highest BCUT2D eigenvalue weighted by Gasteiger charge is 2.68. The highest BCUT2D eigenvalue weighted by Crippen LogP contribution is 2.70. The van der Waals surface area contributed by atoms with E-state index in [0.717, 1.165) is 37.5 Å². The minimum atomic E-state index is -0.604. The maximum absolute atomic E-state index is 11.1. The molecule has 52 heavy (non-hydrogen) atoms. The minimum Gasteiger partial charge on any atom is -0.390 e. The van der Waals surface area contributed by atoms with Gasteiger partial charge in [0.1, 0.15) is 0 Å². The summed E-state index contributed by atoms with van der Waals surface area (Å²) in [5.74, 6) is 4.95. The fourth-order valence-electron chi connectivity index (χ4n) is 16.4. The largest absolute Gasteiger partial charge is 0.390 e. The summed E-state index contributed by atoms with van der Waals surface area (Å²) >= 11 is 0. The zero-order chi connectivity index (χ0) is 36.5. The van der Waals surface area contributed by atoms with Gasteiger partial charge in [-0.05, 0) is 185 Å². The number of fused-ring (bicyclic) bond motifs is 13. The highest BCUT2D eigenvalue weighted by molar-refractivity contribution is 5.85. The molecule has 7 heteroatoms. The molecule has 0 aromatic rings. The van der Waals surface area contributed by atoms with E-state index in [-0.39, 0.29) is 53.3 Å². The van der Waals surface area contributed by atoms with Gasteiger partial charge in [0.25, 0.3) is 0 Å². The second-order valence-electron chi connectivity index (χ2n) is 21.3. The topological polar surface area (TPSA) is 111 Å². The average Bonchev–Trinajstić information content (AvgIpc) is 3.73. The monoisotopic (exact) mass is 743 g/mol. The van der Waals surface area contributed by atoms with Gasteiger partial charge in [0.2, 0.25) is 0 Å². The van der Waals surface area contributed by atoms with E-state index in [9.17, 15) is 10.2 Å². The van der Waals surface area contributed by atoms with Crippen molar-refractivity contribution in [2.45, 2.75) is 174 Å². The first-order valence-electron chi connectivity index (χ1n) is 21.5. The summed E-state index contributed by atoms with van der Waals surface area (Å²) in [4.78, 5) is 0. The number of hydrogen-bond acceptors (Lipinski definition) is 6. The van der Waals surface area contributed by atoms with Crippen molar-refractivity contribution in [2.75, 3.05) is 0 Å². The second-order valence-corrected chi connectivity index (χ2v) is 21.3. The molecule has 8 saturated carbocycles. The Kier molecular flexibility index (Phi) is 10.4. The van der Waals surface area contributed by atoms with Crippen LogP contribution in [0.25, 0.3) is 0 Å². The van der Waals surface area contributed by atoms with Crippen molar-refractivity contribution >= 4 is 12.4 Å². The molecule has 296 valence electrons. The molecule has 9 rings (SSSR count). The lowest BCUT2D eigenvalue weighted by Crippen LogP contribution is -2.64. The van der Waals surface area contributed by atoms with Crippen LogP contribution in [0.2, 0.25) is 0 Å². The molecule has 8 aliphatic carbocycles. The summed E-state index contributed by atoms with van der Waals surface area (Å²) in [6.45, 7) is 22.4. The first-order valence-corrected chi connectivity index (χ1v) is 21.5. The SMILES string of the molecule is C=C[C@H]1CCC2C3C(CC[C@@]21C)[C@@]1(C)CC[C@H](N)CC1[C@@H](O)[C@@H]3O.C=C[C@H]1CCC2C3C(CC[C@@]21C)[C@@]1(C)CC[C@H](N)CC1[C@H]1OC(C)(C)O[C@H]31.Cl. The first-order chi connectivity index (χ1) is 24.0. The number of halogens is 1. The molecule has 1 saturated heterocycles. The third-order valence-electron chi connectivity index (χ3n) is 19.1. The lowest BCUT2D eigenvalue weighted by Gasteiger charge is -2.63. The molecule has 0 aromatic carbocycles. The average molecular weight is 744 g/mol. The number of aliphatic hydroxyl groups is 2. The molecule has 1 heterocycles.